The van der Waals surface area contributed by atoms with Crippen LogP contribution in [0.4, 0.5) is 0 Å². The van der Waals surface area contributed by atoms with Crippen molar-refractivity contribution in [3.8, 4) is 0 Å². The summed E-state index contributed by atoms with van der Waals surface area (Å²) in [4.78, 5) is 0. The standard InChI is InChI=1S/C26H36/c1-22(2)15-9-5-6-10-18-24(23-16-11-7-12-17-23)21-26(3,4)25-19-13-8-14-20-25/h7-8,11-14,16-20,22H,5-6,9-10,15,21H2,1-4H3. The first-order valence-electron chi connectivity index (χ1n) is 10.3. The van der Waals surface area contributed by atoms with E-state index >= 15 is 0 Å². The van der Waals surface area contributed by atoms with Crippen molar-refractivity contribution in [2.75, 3.05) is 0 Å². The molecule has 0 aliphatic heterocycles. The Balaban J connectivity index is 2.06. The van der Waals surface area contributed by atoms with Gasteiger partial charge in [-0.05, 0) is 47.3 Å². The molecule has 0 heteroatoms. The lowest BCUT2D eigenvalue weighted by Crippen LogP contribution is -2.17. The van der Waals surface area contributed by atoms with Gasteiger partial charge in [-0.2, -0.15) is 0 Å². The van der Waals surface area contributed by atoms with E-state index in [2.05, 4.69) is 94.4 Å². The van der Waals surface area contributed by atoms with Crippen LogP contribution in [-0.2, 0) is 5.41 Å². The van der Waals surface area contributed by atoms with Crippen molar-refractivity contribution < 1.29 is 0 Å². The number of rotatable bonds is 10. The Labute approximate surface area is 161 Å². The zero-order valence-corrected chi connectivity index (χ0v) is 17.2. The number of benzene rings is 2. The molecular formula is C26H36. The molecule has 0 atom stereocenters. The summed E-state index contributed by atoms with van der Waals surface area (Å²) < 4.78 is 0. The van der Waals surface area contributed by atoms with Gasteiger partial charge in [0.05, 0.1) is 0 Å². The van der Waals surface area contributed by atoms with Crippen molar-refractivity contribution in [3.05, 3.63) is 77.9 Å². The second-order valence-electron chi connectivity index (χ2n) is 8.55. The van der Waals surface area contributed by atoms with E-state index in [0.29, 0.717) is 0 Å². The van der Waals surface area contributed by atoms with E-state index in [1.54, 1.807) is 0 Å². The second-order valence-corrected chi connectivity index (χ2v) is 8.55. The number of unbranched alkanes of at least 4 members (excludes halogenated alkanes) is 3. The van der Waals surface area contributed by atoms with Crippen molar-refractivity contribution in [1.29, 1.82) is 0 Å². The number of hydrogen-bond donors (Lipinski definition) is 0. The molecule has 2 aromatic rings. The highest BCUT2D eigenvalue weighted by Crippen LogP contribution is 2.34. The van der Waals surface area contributed by atoms with Gasteiger partial charge in [0.25, 0.3) is 0 Å². The predicted molar refractivity (Wildman–Crippen MR) is 116 cm³/mol. The summed E-state index contributed by atoms with van der Waals surface area (Å²) in [5.41, 5.74) is 4.42. The van der Waals surface area contributed by atoms with Gasteiger partial charge in [0.2, 0.25) is 0 Å². The van der Waals surface area contributed by atoms with E-state index in [9.17, 15) is 0 Å². The van der Waals surface area contributed by atoms with Crippen LogP contribution in [0.3, 0.4) is 0 Å². The van der Waals surface area contributed by atoms with Crippen molar-refractivity contribution in [1.82, 2.24) is 0 Å². The van der Waals surface area contributed by atoms with Gasteiger partial charge >= 0.3 is 0 Å². The Kier molecular flexibility index (Phi) is 8.16. The third-order valence-corrected chi connectivity index (χ3v) is 5.21. The van der Waals surface area contributed by atoms with Crippen LogP contribution in [0, 0.1) is 5.92 Å². The van der Waals surface area contributed by atoms with Crippen LogP contribution in [-0.4, -0.2) is 0 Å². The lowest BCUT2D eigenvalue weighted by Gasteiger charge is -2.27. The van der Waals surface area contributed by atoms with Crippen LogP contribution in [0.5, 0.6) is 0 Å². The third-order valence-electron chi connectivity index (χ3n) is 5.21. The van der Waals surface area contributed by atoms with Crippen molar-refractivity contribution in [3.63, 3.8) is 0 Å². The summed E-state index contributed by atoms with van der Waals surface area (Å²) in [6.45, 7) is 9.36. The highest BCUT2D eigenvalue weighted by molar-refractivity contribution is 5.66. The minimum atomic E-state index is 0.139. The fraction of sp³-hybridized carbons (Fsp3) is 0.462. The second kappa shape index (κ2) is 10.4. The van der Waals surface area contributed by atoms with Gasteiger partial charge in [0.1, 0.15) is 0 Å². The maximum Gasteiger partial charge on any atom is -0.00631 e. The molecule has 26 heavy (non-hydrogen) atoms. The Morgan fingerprint density at radius 1 is 0.846 bits per heavy atom. The molecule has 0 amide bonds. The van der Waals surface area contributed by atoms with Gasteiger partial charge in [-0.3, -0.25) is 0 Å². The molecule has 2 rings (SSSR count). The first kappa shape index (κ1) is 20.5. The number of hydrogen-bond acceptors (Lipinski definition) is 0. The zero-order chi connectivity index (χ0) is 18.8. The van der Waals surface area contributed by atoms with Gasteiger partial charge in [0.15, 0.2) is 0 Å². The van der Waals surface area contributed by atoms with Crippen molar-refractivity contribution in [2.45, 2.75) is 71.6 Å². The maximum atomic E-state index is 2.50. The minimum absolute atomic E-state index is 0.139. The molecule has 0 N–H and O–H groups in total. The molecule has 0 saturated heterocycles. The van der Waals surface area contributed by atoms with Crippen LogP contribution < -0.4 is 0 Å². The highest BCUT2D eigenvalue weighted by atomic mass is 14.3. The molecule has 0 fully saturated rings. The molecular weight excluding hydrogens is 312 g/mol. The lowest BCUT2D eigenvalue weighted by atomic mass is 9.77. The number of allylic oxidation sites excluding steroid dienone is 2. The van der Waals surface area contributed by atoms with Gasteiger partial charge in [-0.25, -0.2) is 0 Å². The molecule has 140 valence electrons. The average molecular weight is 349 g/mol. The fourth-order valence-electron chi connectivity index (χ4n) is 3.56. The maximum absolute atomic E-state index is 2.50. The van der Waals surface area contributed by atoms with Gasteiger partial charge in [-0.1, -0.05) is 114 Å². The van der Waals surface area contributed by atoms with Crippen molar-refractivity contribution in [2.24, 2.45) is 5.92 Å². The van der Waals surface area contributed by atoms with Crippen LogP contribution in [0.25, 0.3) is 5.57 Å². The molecule has 0 aromatic heterocycles. The Bertz CT molecular complexity index is 647. The Morgan fingerprint density at radius 2 is 1.46 bits per heavy atom. The molecule has 0 aliphatic rings. The smallest absolute Gasteiger partial charge is 0.00631 e. The van der Waals surface area contributed by atoms with Gasteiger partial charge in [0, 0.05) is 0 Å². The van der Waals surface area contributed by atoms with Crippen LogP contribution >= 0.6 is 0 Å². The van der Waals surface area contributed by atoms with Crippen LogP contribution in [0.2, 0.25) is 0 Å². The van der Waals surface area contributed by atoms with E-state index in [-0.39, 0.29) is 5.41 Å². The van der Waals surface area contributed by atoms with Gasteiger partial charge in [-0.15, -0.1) is 0 Å². The molecule has 0 unspecified atom stereocenters. The molecule has 2 aromatic carbocycles. The van der Waals surface area contributed by atoms with E-state index < -0.39 is 0 Å². The molecule has 0 radical (unpaired) electrons. The fourth-order valence-corrected chi connectivity index (χ4v) is 3.56. The zero-order valence-electron chi connectivity index (χ0n) is 17.2. The molecule has 0 heterocycles. The van der Waals surface area contributed by atoms with Crippen LogP contribution in [0.15, 0.2) is 66.7 Å². The molecule has 0 nitrogen and oxygen atoms in total. The summed E-state index contributed by atoms with van der Waals surface area (Å²) >= 11 is 0. The average Bonchev–Trinajstić information content (AvgIpc) is 2.64. The molecule has 0 bridgehead atoms. The minimum Gasteiger partial charge on any atom is -0.0807 e. The first-order valence-corrected chi connectivity index (χ1v) is 10.3. The van der Waals surface area contributed by atoms with Gasteiger partial charge < -0.3 is 0 Å². The SMILES string of the molecule is CC(C)CCCCCC=C(CC(C)(C)c1ccccc1)c1ccccc1. The first-order chi connectivity index (χ1) is 12.5. The van der Waals surface area contributed by atoms with Crippen molar-refractivity contribution >= 4 is 5.57 Å². The summed E-state index contributed by atoms with van der Waals surface area (Å²) in [5, 5.41) is 0. The van der Waals surface area contributed by atoms with E-state index in [1.165, 1.54) is 48.8 Å². The largest absolute Gasteiger partial charge is 0.0807 e. The molecule has 0 spiro atoms. The van der Waals surface area contributed by atoms with E-state index in [1.807, 2.05) is 0 Å². The topological polar surface area (TPSA) is 0 Å². The highest BCUT2D eigenvalue weighted by Gasteiger charge is 2.22. The third kappa shape index (κ3) is 6.83. The lowest BCUT2D eigenvalue weighted by molar-refractivity contribution is 0.527. The van der Waals surface area contributed by atoms with Crippen LogP contribution in [0.1, 0.15) is 77.3 Å². The summed E-state index contributed by atoms with van der Waals surface area (Å²) in [6.07, 6.45) is 10.1. The van der Waals surface area contributed by atoms with E-state index in [4.69, 9.17) is 0 Å². The summed E-state index contributed by atoms with van der Waals surface area (Å²) in [5.74, 6) is 0.831. The monoisotopic (exact) mass is 348 g/mol. The molecule has 0 aliphatic carbocycles. The normalized spacial score (nSPS) is 12.6. The van der Waals surface area contributed by atoms with E-state index in [0.717, 1.165) is 12.3 Å². The Morgan fingerprint density at radius 3 is 2.08 bits per heavy atom. The summed E-state index contributed by atoms with van der Waals surface area (Å²) in [7, 11) is 0. The predicted octanol–water partition coefficient (Wildman–Crippen LogP) is 8.04. The molecule has 0 saturated carbocycles. The summed E-state index contributed by atoms with van der Waals surface area (Å²) in [6, 6.07) is 21.8. The quantitative estimate of drug-likeness (QED) is 0.381. The Hall–Kier alpha value is -1.82.